The SMILES string of the molecule is C=Cc1ccccc1Cl.F[B-](F)(F)F.F[B-](F)(F)F.F[B-](F)(F)F. The zero-order valence-electron chi connectivity index (χ0n) is 11.2. The molecule has 0 atom stereocenters. The van der Waals surface area contributed by atoms with E-state index in [-0.39, 0.29) is 0 Å². The molecule has 1 aromatic carbocycles. The molecule has 0 saturated carbocycles. The van der Waals surface area contributed by atoms with Gasteiger partial charge in [-0.05, 0) is 11.6 Å². The van der Waals surface area contributed by atoms with Gasteiger partial charge in [0.25, 0.3) is 0 Å². The smallest absolute Gasteiger partial charge is 0.418 e. The van der Waals surface area contributed by atoms with E-state index in [1.54, 1.807) is 6.08 Å². The summed E-state index contributed by atoms with van der Waals surface area (Å²) in [6, 6.07) is 7.60. The molecule has 0 bridgehead atoms. The lowest BCUT2D eigenvalue weighted by molar-refractivity contribution is 0.366. The van der Waals surface area contributed by atoms with Gasteiger partial charge in [0.2, 0.25) is 0 Å². The fraction of sp³-hybridized carbons (Fsp3) is 0. The van der Waals surface area contributed by atoms with E-state index in [2.05, 4.69) is 6.58 Å². The second-order valence-corrected chi connectivity index (χ2v) is 3.62. The Balaban J connectivity index is -0.000000259. The maximum absolute atomic E-state index is 9.75. The van der Waals surface area contributed by atoms with E-state index in [0.29, 0.717) is 0 Å². The summed E-state index contributed by atoms with van der Waals surface area (Å²) in [6.07, 6.45) is 1.74. The number of hydrogen-bond acceptors (Lipinski definition) is 0. The van der Waals surface area contributed by atoms with Crippen LogP contribution in [0.4, 0.5) is 51.8 Å². The maximum Gasteiger partial charge on any atom is 0.673 e. The Morgan fingerprint density at radius 3 is 1.08 bits per heavy atom. The molecular formula is C8H7B3ClF12-3. The lowest BCUT2D eigenvalue weighted by Gasteiger charge is -1.94. The molecule has 0 nitrogen and oxygen atoms in total. The lowest BCUT2D eigenvalue weighted by atomic mass is 10.2. The fourth-order valence-electron chi connectivity index (χ4n) is 0.641. The Bertz CT molecular complexity index is 408. The van der Waals surface area contributed by atoms with Crippen LogP contribution in [-0.2, 0) is 0 Å². The third-order valence-corrected chi connectivity index (χ3v) is 1.47. The van der Waals surface area contributed by atoms with Crippen LogP contribution in [0.15, 0.2) is 30.8 Å². The largest absolute Gasteiger partial charge is 0.673 e. The minimum absolute atomic E-state index is 0.757. The highest BCUT2D eigenvalue weighted by molar-refractivity contribution is 6.50. The van der Waals surface area contributed by atoms with Crippen LogP contribution >= 0.6 is 11.6 Å². The standard InChI is InChI=1S/C8H7Cl.3BF4/c1-2-7-5-3-4-6-8(7)9;3*2-1(3,4)5/h2-6H,1H2;;;/q;3*-1. The molecule has 0 aromatic heterocycles. The van der Waals surface area contributed by atoms with Gasteiger partial charge < -0.3 is 51.8 Å². The molecule has 0 spiro atoms. The molecule has 0 amide bonds. The molecule has 0 N–H and O–H groups in total. The molecule has 0 aliphatic rings. The van der Waals surface area contributed by atoms with Crippen molar-refractivity contribution in [1.29, 1.82) is 0 Å². The lowest BCUT2D eigenvalue weighted by Crippen LogP contribution is -2.02. The molecule has 0 saturated heterocycles. The number of hydrogen-bond donors (Lipinski definition) is 0. The van der Waals surface area contributed by atoms with Crippen molar-refractivity contribution < 1.29 is 51.8 Å². The molecule has 142 valence electrons. The monoisotopic (exact) mass is 399 g/mol. The van der Waals surface area contributed by atoms with Gasteiger partial charge in [-0.1, -0.05) is 42.5 Å². The van der Waals surface area contributed by atoms with Gasteiger partial charge in [0.1, 0.15) is 0 Å². The predicted octanol–water partition coefficient (Wildman–Crippen LogP) is 6.88. The molecule has 0 aliphatic heterocycles. The molecule has 0 heterocycles. The van der Waals surface area contributed by atoms with Crippen molar-refractivity contribution in [1.82, 2.24) is 0 Å². The quantitative estimate of drug-likeness (QED) is 0.357. The van der Waals surface area contributed by atoms with Crippen LogP contribution < -0.4 is 0 Å². The highest BCUT2D eigenvalue weighted by atomic mass is 35.5. The first kappa shape index (κ1) is 27.5. The van der Waals surface area contributed by atoms with Crippen LogP contribution in [0.1, 0.15) is 5.56 Å². The van der Waals surface area contributed by atoms with Gasteiger partial charge in [-0.15, -0.1) is 0 Å². The fourth-order valence-corrected chi connectivity index (χ4v) is 0.854. The Morgan fingerprint density at radius 1 is 0.667 bits per heavy atom. The zero-order chi connectivity index (χ0) is 20.2. The molecule has 0 radical (unpaired) electrons. The molecule has 0 fully saturated rings. The van der Waals surface area contributed by atoms with E-state index in [9.17, 15) is 51.8 Å². The van der Waals surface area contributed by atoms with Crippen molar-refractivity contribution in [3.8, 4) is 0 Å². The van der Waals surface area contributed by atoms with Gasteiger partial charge in [0.05, 0.1) is 0 Å². The summed E-state index contributed by atoms with van der Waals surface area (Å²) in [5.74, 6) is 0. The second kappa shape index (κ2) is 12.0. The van der Waals surface area contributed by atoms with Crippen LogP contribution in [0.3, 0.4) is 0 Å². The Hall–Kier alpha value is -1.40. The third kappa shape index (κ3) is 58.8. The normalized spacial score (nSPS) is 10.9. The highest BCUT2D eigenvalue weighted by Gasteiger charge is 2.21. The average molecular weight is 399 g/mol. The van der Waals surface area contributed by atoms with Crippen LogP contribution in [0.2, 0.25) is 5.02 Å². The van der Waals surface area contributed by atoms with Crippen LogP contribution in [-0.4, -0.2) is 21.8 Å². The summed E-state index contributed by atoms with van der Waals surface area (Å²) in [5, 5.41) is 0.757. The second-order valence-electron chi connectivity index (χ2n) is 3.21. The van der Waals surface area contributed by atoms with E-state index < -0.39 is 21.8 Å². The molecule has 24 heavy (non-hydrogen) atoms. The summed E-state index contributed by atoms with van der Waals surface area (Å²) in [6.45, 7) is 3.61. The summed E-state index contributed by atoms with van der Waals surface area (Å²) in [5.41, 5.74) is 0.985. The van der Waals surface area contributed by atoms with Gasteiger partial charge in [-0.25, -0.2) is 0 Å². The van der Waals surface area contributed by atoms with Crippen molar-refractivity contribution in [2.45, 2.75) is 0 Å². The van der Waals surface area contributed by atoms with Gasteiger partial charge >= 0.3 is 21.8 Å². The van der Waals surface area contributed by atoms with Gasteiger partial charge in [-0.3, -0.25) is 0 Å². The van der Waals surface area contributed by atoms with Crippen LogP contribution in [0.25, 0.3) is 6.08 Å². The highest BCUT2D eigenvalue weighted by Crippen LogP contribution is 2.14. The molecule has 16 heteroatoms. The van der Waals surface area contributed by atoms with E-state index in [0.717, 1.165) is 10.6 Å². The van der Waals surface area contributed by atoms with Crippen molar-refractivity contribution >= 4 is 39.4 Å². The third-order valence-electron chi connectivity index (χ3n) is 1.13. The molecule has 1 rings (SSSR count). The molecule has 0 aliphatic carbocycles. The van der Waals surface area contributed by atoms with E-state index >= 15 is 0 Å². The van der Waals surface area contributed by atoms with E-state index in [1.807, 2.05) is 24.3 Å². The summed E-state index contributed by atoms with van der Waals surface area (Å²) < 4.78 is 117. The first-order chi connectivity index (χ1) is 10.3. The van der Waals surface area contributed by atoms with Crippen LogP contribution in [0.5, 0.6) is 0 Å². The predicted molar refractivity (Wildman–Crippen MR) is 72.1 cm³/mol. The molecule has 0 unspecified atom stereocenters. The number of rotatable bonds is 1. The number of halogens is 13. The summed E-state index contributed by atoms with van der Waals surface area (Å²) >= 11 is 5.75. The van der Waals surface area contributed by atoms with Gasteiger partial charge in [0, 0.05) is 5.02 Å². The van der Waals surface area contributed by atoms with Crippen molar-refractivity contribution in [3.05, 3.63) is 41.4 Å². The number of benzene rings is 1. The molecular weight excluding hydrogens is 392 g/mol. The van der Waals surface area contributed by atoms with Gasteiger partial charge in [0.15, 0.2) is 0 Å². The van der Waals surface area contributed by atoms with Gasteiger partial charge in [-0.2, -0.15) is 0 Å². The first-order valence-electron chi connectivity index (χ1n) is 5.33. The zero-order valence-corrected chi connectivity index (χ0v) is 12.0. The van der Waals surface area contributed by atoms with Crippen LogP contribution in [0, 0.1) is 0 Å². The maximum atomic E-state index is 9.75. The Morgan fingerprint density at radius 2 is 0.917 bits per heavy atom. The topological polar surface area (TPSA) is 0 Å². The van der Waals surface area contributed by atoms with E-state index in [1.165, 1.54) is 0 Å². The first-order valence-corrected chi connectivity index (χ1v) is 5.71. The van der Waals surface area contributed by atoms with E-state index in [4.69, 9.17) is 11.6 Å². The van der Waals surface area contributed by atoms with Crippen molar-refractivity contribution in [2.24, 2.45) is 0 Å². The minimum Gasteiger partial charge on any atom is -0.418 e. The molecule has 1 aromatic rings. The minimum atomic E-state index is -6.00. The average Bonchev–Trinajstić information content (AvgIpc) is 2.22. The summed E-state index contributed by atoms with van der Waals surface area (Å²) in [7, 11) is -18.0. The van der Waals surface area contributed by atoms with Crippen molar-refractivity contribution in [3.63, 3.8) is 0 Å². The Kier molecular flexibility index (Phi) is 13.8. The summed E-state index contributed by atoms with van der Waals surface area (Å²) in [4.78, 5) is 0. The Labute approximate surface area is 133 Å². The van der Waals surface area contributed by atoms with Crippen molar-refractivity contribution in [2.75, 3.05) is 0 Å².